The van der Waals surface area contributed by atoms with E-state index in [-0.39, 0.29) is 6.10 Å². The van der Waals surface area contributed by atoms with Crippen molar-refractivity contribution in [2.75, 3.05) is 25.1 Å². The number of methoxy groups -OCH3 is 1. The van der Waals surface area contributed by atoms with Crippen LogP contribution in [0.15, 0.2) is 24.4 Å². The molecular weight excluding hydrogens is 362 g/mol. The minimum absolute atomic E-state index is 0.107. The monoisotopic (exact) mass is 397 g/mol. The molecule has 0 spiro atoms. The number of pyridine rings is 1. The number of ether oxygens (including phenoxy) is 1. The van der Waals surface area contributed by atoms with Gasteiger partial charge < -0.3 is 25.8 Å². The molecule has 3 rings (SSSR count). The molecule has 29 heavy (non-hydrogen) atoms. The molecule has 2 atom stereocenters. The number of anilines is 1. The lowest BCUT2D eigenvalue weighted by Crippen LogP contribution is -2.56. The number of hydrogen-bond donors (Lipinski definition) is 3. The van der Waals surface area contributed by atoms with Crippen LogP contribution in [0.4, 0.5) is 5.82 Å². The standard InChI is InChI=1S/C23H35N5O/c1-16-13-19(20(25)10-9-17(2)24)23(26-14-16)28-12-11-21(22(15-28)29-3)27-18-7-5-4-6-8-18/h9-10,13-14,18,21-22,24-25,27H,4-8,11-12,15H2,1-3H3/b10-9-,24-17?,25-20?/t21-,22+/m1/s1. The van der Waals surface area contributed by atoms with Crippen molar-refractivity contribution in [1.29, 1.82) is 10.8 Å². The second-order valence-corrected chi connectivity index (χ2v) is 8.43. The molecule has 6 heteroatoms. The molecule has 0 bridgehead atoms. The number of aryl methyl sites for hydroxylation is 1. The summed E-state index contributed by atoms with van der Waals surface area (Å²) in [6.07, 6.45) is 12.9. The van der Waals surface area contributed by atoms with Gasteiger partial charge in [0.1, 0.15) is 5.82 Å². The summed E-state index contributed by atoms with van der Waals surface area (Å²) in [6, 6.07) is 3.00. The third kappa shape index (κ3) is 5.73. The van der Waals surface area contributed by atoms with Crippen LogP contribution in [0.2, 0.25) is 0 Å². The Kier molecular flexibility index (Phi) is 7.56. The van der Waals surface area contributed by atoms with Gasteiger partial charge in [-0.25, -0.2) is 4.98 Å². The van der Waals surface area contributed by atoms with Gasteiger partial charge in [-0.05, 0) is 56.9 Å². The topological polar surface area (TPSA) is 85.1 Å². The van der Waals surface area contributed by atoms with Crippen molar-refractivity contribution in [3.8, 4) is 0 Å². The molecule has 0 aromatic carbocycles. The summed E-state index contributed by atoms with van der Waals surface area (Å²) in [4.78, 5) is 6.93. The van der Waals surface area contributed by atoms with E-state index in [9.17, 15) is 0 Å². The third-order valence-corrected chi connectivity index (χ3v) is 6.01. The van der Waals surface area contributed by atoms with Gasteiger partial charge in [-0.1, -0.05) is 19.3 Å². The Balaban J connectivity index is 1.74. The van der Waals surface area contributed by atoms with Crippen LogP contribution < -0.4 is 10.2 Å². The molecule has 1 saturated heterocycles. The van der Waals surface area contributed by atoms with Crippen molar-refractivity contribution in [2.24, 2.45) is 0 Å². The van der Waals surface area contributed by atoms with E-state index in [1.54, 1.807) is 26.2 Å². The number of aromatic nitrogens is 1. The van der Waals surface area contributed by atoms with E-state index in [1.807, 2.05) is 19.2 Å². The third-order valence-electron chi connectivity index (χ3n) is 6.01. The lowest BCUT2D eigenvalue weighted by atomic mass is 9.92. The molecule has 1 aromatic heterocycles. The molecule has 1 saturated carbocycles. The number of nitrogens with zero attached hydrogens (tertiary/aromatic N) is 2. The molecule has 1 aliphatic carbocycles. The zero-order valence-electron chi connectivity index (χ0n) is 18.0. The second-order valence-electron chi connectivity index (χ2n) is 8.43. The fourth-order valence-corrected chi connectivity index (χ4v) is 4.42. The summed E-state index contributed by atoms with van der Waals surface area (Å²) in [5.41, 5.74) is 2.67. The van der Waals surface area contributed by atoms with Gasteiger partial charge in [-0.15, -0.1) is 0 Å². The number of nitrogens with one attached hydrogen (secondary N) is 3. The molecule has 1 aromatic rings. The predicted octanol–water partition coefficient (Wildman–Crippen LogP) is 3.87. The summed E-state index contributed by atoms with van der Waals surface area (Å²) in [5.74, 6) is 0.839. The van der Waals surface area contributed by atoms with Crippen LogP contribution >= 0.6 is 0 Å². The number of piperidine rings is 1. The van der Waals surface area contributed by atoms with Crippen LogP contribution in [-0.4, -0.2) is 54.8 Å². The second kappa shape index (κ2) is 10.1. The number of rotatable bonds is 7. The molecule has 2 heterocycles. The van der Waals surface area contributed by atoms with Crippen LogP contribution in [-0.2, 0) is 4.74 Å². The Morgan fingerprint density at radius 1 is 1.21 bits per heavy atom. The zero-order valence-corrected chi connectivity index (χ0v) is 18.0. The van der Waals surface area contributed by atoms with E-state index < -0.39 is 0 Å². The van der Waals surface area contributed by atoms with Gasteiger partial charge in [0.2, 0.25) is 0 Å². The van der Waals surface area contributed by atoms with Gasteiger partial charge in [0, 0.05) is 49.8 Å². The molecule has 0 radical (unpaired) electrons. The Hall–Kier alpha value is -2.05. The maximum atomic E-state index is 8.49. The number of allylic oxidation sites excluding steroid dienone is 2. The number of hydrogen-bond acceptors (Lipinski definition) is 6. The van der Waals surface area contributed by atoms with Crippen molar-refractivity contribution in [3.05, 3.63) is 35.5 Å². The highest BCUT2D eigenvalue weighted by atomic mass is 16.5. The minimum Gasteiger partial charge on any atom is -0.378 e. The first-order valence-electron chi connectivity index (χ1n) is 10.8. The maximum absolute atomic E-state index is 8.49. The SMILES string of the molecule is CO[C@H]1CN(c2ncc(C)cc2C(=N)/C=C\C(C)=N)CC[C@H]1NC1CCCCC1. The summed E-state index contributed by atoms with van der Waals surface area (Å²) < 4.78 is 5.87. The van der Waals surface area contributed by atoms with E-state index in [0.717, 1.165) is 36.5 Å². The van der Waals surface area contributed by atoms with Crippen LogP contribution in [0.3, 0.4) is 0 Å². The normalized spacial score (nSPS) is 23.5. The van der Waals surface area contributed by atoms with Gasteiger partial charge in [-0.2, -0.15) is 0 Å². The molecule has 0 amide bonds. The first-order chi connectivity index (χ1) is 14.0. The van der Waals surface area contributed by atoms with E-state index in [1.165, 1.54) is 32.1 Å². The Morgan fingerprint density at radius 3 is 2.66 bits per heavy atom. The lowest BCUT2D eigenvalue weighted by molar-refractivity contribution is 0.0534. The highest BCUT2D eigenvalue weighted by Crippen LogP contribution is 2.26. The first kappa shape index (κ1) is 21.7. The molecule has 2 aliphatic rings. The zero-order chi connectivity index (χ0) is 20.8. The summed E-state index contributed by atoms with van der Waals surface area (Å²) >= 11 is 0. The van der Waals surface area contributed by atoms with E-state index in [4.69, 9.17) is 15.6 Å². The van der Waals surface area contributed by atoms with E-state index >= 15 is 0 Å². The van der Waals surface area contributed by atoms with Crippen molar-refractivity contribution >= 4 is 17.2 Å². The van der Waals surface area contributed by atoms with Crippen molar-refractivity contribution in [2.45, 2.75) is 70.6 Å². The molecular formula is C23H35N5O. The molecule has 158 valence electrons. The van der Waals surface area contributed by atoms with Crippen molar-refractivity contribution in [1.82, 2.24) is 10.3 Å². The molecule has 2 fully saturated rings. The summed E-state index contributed by atoms with van der Waals surface area (Å²) in [5, 5.41) is 19.9. The van der Waals surface area contributed by atoms with Gasteiger partial charge in [0.15, 0.2) is 0 Å². The average Bonchev–Trinajstić information content (AvgIpc) is 2.73. The Bertz CT molecular complexity index is 754. The van der Waals surface area contributed by atoms with Crippen LogP contribution in [0.25, 0.3) is 0 Å². The van der Waals surface area contributed by atoms with Crippen LogP contribution in [0.1, 0.15) is 56.6 Å². The molecule has 3 N–H and O–H groups in total. The van der Waals surface area contributed by atoms with Gasteiger partial charge in [0.25, 0.3) is 0 Å². The van der Waals surface area contributed by atoms with Crippen molar-refractivity contribution < 1.29 is 4.74 Å². The lowest BCUT2D eigenvalue weighted by Gasteiger charge is -2.41. The first-order valence-corrected chi connectivity index (χ1v) is 10.8. The Morgan fingerprint density at radius 2 is 1.97 bits per heavy atom. The highest BCUT2D eigenvalue weighted by Gasteiger charge is 2.32. The van der Waals surface area contributed by atoms with Gasteiger partial charge in [0.05, 0.1) is 11.8 Å². The van der Waals surface area contributed by atoms with Gasteiger partial charge in [-0.3, -0.25) is 0 Å². The maximum Gasteiger partial charge on any atom is 0.138 e. The van der Waals surface area contributed by atoms with Crippen LogP contribution in [0, 0.1) is 17.7 Å². The van der Waals surface area contributed by atoms with Crippen LogP contribution in [0.5, 0.6) is 0 Å². The predicted molar refractivity (Wildman–Crippen MR) is 120 cm³/mol. The average molecular weight is 398 g/mol. The molecule has 1 aliphatic heterocycles. The quantitative estimate of drug-likeness (QED) is 0.610. The Labute approximate surface area is 174 Å². The summed E-state index contributed by atoms with van der Waals surface area (Å²) in [6.45, 7) is 5.38. The van der Waals surface area contributed by atoms with Crippen molar-refractivity contribution in [3.63, 3.8) is 0 Å². The van der Waals surface area contributed by atoms with E-state index in [0.29, 0.717) is 23.5 Å². The largest absolute Gasteiger partial charge is 0.378 e. The smallest absolute Gasteiger partial charge is 0.138 e. The fraction of sp³-hybridized carbons (Fsp3) is 0.609. The molecule has 6 nitrogen and oxygen atoms in total. The highest BCUT2D eigenvalue weighted by molar-refractivity contribution is 6.12. The molecule has 0 unspecified atom stereocenters. The minimum atomic E-state index is 0.107. The fourth-order valence-electron chi connectivity index (χ4n) is 4.42. The van der Waals surface area contributed by atoms with E-state index in [2.05, 4.69) is 15.2 Å². The van der Waals surface area contributed by atoms with Gasteiger partial charge >= 0.3 is 0 Å². The summed E-state index contributed by atoms with van der Waals surface area (Å²) in [7, 11) is 1.80.